The second kappa shape index (κ2) is 23.7. The third-order valence-corrected chi connectivity index (χ3v) is 7.21. The summed E-state index contributed by atoms with van der Waals surface area (Å²) in [5, 5.41) is 6.72. The Balaban J connectivity index is 2.06. The first kappa shape index (κ1) is 34.9. The molecule has 0 aromatic carbocycles. The minimum absolute atomic E-state index is 0.000796. The van der Waals surface area contributed by atoms with Crippen LogP contribution in [0.3, 0.4) is 0 Å². The Hall–Kier alpha value is -1.13. The van der Waals surface area contributed by atoms with Crippen molar-refractivity contribution in [1.29, 1.82) is 0 Å². The lowest BCUT2D eigenvalue weighted by atomic mass is 10.0. The van der Waals surface area contributed by atoms with Crippen molar-refractivity contribution in [2.24, 2.45) is 0 Å². The molecule has 222 valence electrons. The summed E-state index contributed by atoms with van der Waals surface area (Å²) in [7, 11) is -4.26. The van der Waals surface area contributed by atoms with E-state index >= 15 is 0 Å². The van der Waals surface area contributed by atoms with E-state index in [2.05, 4.69) is 33.3 Å². The monoisotopic (exact) mass is 626 g/mol. The van der Waals surface area contributed by atoms with E-state index in [1.165, 1.54) is 89.4 Å². The van der Waals surface area contributed by atoms with Crippen molar-refractivity contribution in [3.63, 3.8) is 0 Å². The first-order chi connectivity index (χ1) is 18.5. The van der Waals surface area contributed by atoms with E-state index < -0.39 is 20.0 Å². The molecule has 12 heteroatoms. The summed E-state index contributed by atoms with van der Waals surface area (Å²) in [6.07, 6.45) is 19.1. The molecule has 0 radical (unpaired) electrons. The lowest BCUT2D eigenvalue weighted by Crippen LogP contribution is -2.33. The number of phosphoric acid groups is 1. The number of aromatic nitrogens is 1. The second-order valence-electron chi connectivity index (χ2n) is 9.34. The summed E-state index contributed by atoms with van der Waals surface area (Å²) in [6, 6.07) is 1.46. The Kier molecular flexibility index (Phi) is 21.8. The van der Waals surface area contributed by atoms with Crippen LogP contribution in [0.25, 0.3) is 0 Å². The largest absolute Gasteiger partial charge is 0.472 e. The first-order valence-corrected chi connectivity index (χ1v) is 16.7. The van der Waals surface area contributed by atoms with Crippen molar-refractivity contribution in [1.82, 2.24) is 10.5 Å². The fourth-order valence-corrected chi connectivity index (χ4v) is 4.98. The summed E-state index contributed by atoms with van der Waals surface area (Å²) in [5.41, 5.74) is 0. The van der Waals surface area contributed by atoms with Crippen LogP contribution in [0.2, 0.25) is 0 Å². The zero-order chi connectivity index (χ0) is 27.7. The molecule has 0 aliphatic heterocycles. The first-order valence-electron chi connectivity index (χ1n) is 14.1. The molecule has 2 atom stereocenters. The minimum atomic E-state index is -4.26. The molecular weight excluding hydrogens is 579 g/mol. The van der Waals surface area contributed by atoms with Gasteiger partial charge in [0, 0.05) is 17.9 Å². The van der Waals surface area contributed by atoms with E-state index in [1.54, 1.807) is 0 Å². The van der Waals surface area contributed by atoms with Crippen molar-refractivity contribution >= 4 is 29.8 Å². The molecule has 0 aliphatic carbocycles. The summed E-state index contributed by atoms with van der Waals surface area (Å²) < 4.78 is 37.0. The van der Waals surface area contributed by atoms with Crippen molar-refractivity contribution in [2.45, 2.75) is 109 Å². The molecule has 38 heavy (non-hydrogen) atoms. The third kappa shape index (κ3) is 20.8. The Bertz CT molecular complexity index is 726. The topological polar surface area (TPSA) is 129 Å². The minimum Gasteiger partial charge on any atom is -0.466 e. The molecular formula is C26H48BrN2O8P. The maximum absolute atomic E-state index is 12.0. The van der Waals surface area contributed by atoms with Crippen LogP contribution >= 0.6 is 23.8 Å². The van der Waals surface area contributed by atoms with Gasteiger partial charge >= 0.3 is 13.9 Å². The van der Waals surface area contributed by atoms with Crippen LogP contribution < -0.4 is 10.1 Å². The maximum atomic E-state index is 12.0. The number of hydrogen-bond donors (Lipinski definition) is 2. The van der Waals surface area contributed by atoms with Crippen molar-refractivity contribution < 1.29 is 37.3 Å². The fraction of sp³-hybridized carbons (Fsp3) is 0.846. The van der Waals surface area contributed by atoms with Crippen LogP contribution in [0.5, 0.6) is 5.88 Å². The molecule has 1 amide bonds. The molecule has 0 aliphatic rings. The summed E-state index contributed by atoms with van der Waals surface area (Å²) in [6.45, 7) is 2.22. The van der Waals surface area contributed by atoms with Gasteiger partial charge in [0.25, 0.3) is 5.88 Å². The molecule has 1 heterocycles. The van der Waals surface area contributed by atoms with Crippen molar-refractivity contribution in [3.8, 4) is 5.88 Å². The van der Waals surface area contributed by atoms with Crippen molar-refractivity contribution in [3.05, 3.63) is 12.3 Å². The number of ether oxygens (including phenoxy) is 2. The zero-order valence-corrected chi connectivity index (χ0v) is 25.4. The van der Waals surface area contributed by atoms with E-state index in [0.29, 0.717) is 11.9 Å². The van der Waals surface area contributed by atoms with Gasteiger partial charge in [0.2, 0.25) is 0 Å². The molecule has 0 bridgehead atoms. The highest BCUT2D eigenvalue weighted by Crippen LogP contribution is 2.43. The van der Waals surface area contributed by atoms with Gasteiger partial charge in [0.1, 0.15) is 12.9 Å². The summed E-state index contributed by atoms with van der Waals surface area (Å²) in [4.78, 5) is 21.7. The summed E-state index contributed by atoms with van der Waals surface area (Å²) in [5.74, 6) is 0.134. The fourth-order valence-electron chi connectivity index (χ4n) is 3.82. The highest BCUT2D eigenvalue weighted by molar-refractivity contribution is 9.09. The number of carbonyl (C=O) groups is 1. The number of rotatable bonds is 26. The van der Waals surface area contributed by atoms with E-state index in [4.69, 9.17) is 23.0 Å². The number of halogens is 1. The molecule has 1 rings (SSSR count). The van der Waals surface area contributed by atoms with Gasteiger partial charge in [-0.15, -0.1) is 0 Å². The quantitative estimate of drug-likeness (QED) is 0.0608. The van der Waals surface area contributed by atoms with Gasteiger partial charge < -0.3 is 24.2 Å². The molecule has 1 aromatic rings. The number of phosphoric ester groups is 1. The van der Waals surface area contributed by atoms with Crippen LogP contribution in [0, 0.1) is 0 Å². The average Bonchev–Trinajstić information content (AvgIpc) is 3.42. The van der Waals surface area contributed by atoms with Crippen LogP contribution in [0.15, 0.2) is 16.9 Å². The van der Waals surface area contributed by atoms with Crippen LogP contribution in [0.1, 0.15) is 103 Å². The standard InChI is InChI=1S/C26H48BrN2O8P/c1-2-3-4-5-6-7-8-9-10-11-12-13-14-15-16-19-28-26(30)33-22-24(37-25-17-20-34-29-25)23-36-38(31,32)35-21-18-27/h17,20,24H,2-16,18-19,21-23H2,1H3,(H,28,30)(H,31,32)/t24-/m0/s1. The van der Waals surface area contributed by atoms with Gasteiger partial charge in [-0.25, -0.2) is 9.36 Å². The number of hydrogen-bond acceptors (Lipinski definition) is 8. The second-order valence-corrected chi connectivity index (χ2v) is 11.6. The lowest BCUT2D eigenvalue weighted by molar-refractivity contribution is 0.0367. The molecule has 0 fully saturated rings. The smallest absolute Gasteiger partial charge is 0.466 e. The predicted molar refractivity (Wildman–Crippen MR) is 151 cm³/mol. The molecule has 2 N–H and O–H groups in total. The Morgan fingerprint density at radius 3 is 2.08 bits per heavy atom. The molecule has 10 nitrogen and oxygen atoms in total. The number of alkyl halides is 1. The highest BCUT2D eigenvalue weighted by atomic mass is 79.9. The Morgan fingerprint density at radius 1 is 0.974 bits per heavy atom. The Labute approximate surface area is 236 Å². The lowest BCUT2D eigenvalue weighted by Gasteiger charge is -2.19. The van der Waals surface area contributed by atoms with Crippen molar-refractivity contribution in [2.75, 3.05) is 31.7 Å². The number of nitrogens with zero attached hydrogens (tertiary/aromatic N) is 1. The molecule has 0 saturated heterocycles. The number of alkyl carbamates (subject to hydrolysis) is 1. The van der Waals surface area contributed by atoms with Gasteiger partial charge in [0.15, 0.2) is 6.10 Å². The highest BCUT2D eigenvalue weighted by Gasteiger charge is 2.25. The average molecular weight is 628 g/mol. The van der Waals surface area contributed by atoms with Gasteiger partial charge in [-0.2, -0.15) is 0 Å². The van der Waals surface area contributed by atoms with E-state index in [-0.39, 0.29) is 25.7 Å². The third-order valence-electron chi connectivity index (χ3n) is 5.91. The maximum Gasteiger partial charge on any atom is 0.472 e. The van der Waals surface area contributed by atoms with Crippen LogP contribution in [0.4, 0.5) is 4.79 Å². The van der Waals surface area contributed by atoms with Gasteiger partial charge in [-0.05, 0) is 11.6 Å². The predicted octanol–water partition coefficient (Wildman–Crippen LogP) is 7.55. The molecule has 0 saturated carbocycles. The van der Waals surface area contributed by atoms with E-state index in [9.17, 15) is 14.3 Å². The SMILES string of the molecule is CCCCCCCCCCCCCCCCCNC(=O)OC[C@@H](COP(=O)(O)OCCBr)Oc1ccon1. The molecule has 1 aromatic heterocycles. The summed E-state index contributed by atoms with van der Waals surface area (Å²) >= 11 is 3.10. The Morgan fingerprint density at radius 2 is 1.55 bits per heavy atom. The van der Waals surface area contributed by atoms with Gasteiger partial charge in [0.05, 0.1) is 13.2 Å². The van der Waals surface area contributed by atoms with E-state index in [0.717, 1.165) is 19.3 Å². The van der Waals surface area contributed by atoms with Gasteiger partial charge in [-0.3, -0.25) is 9.05 Å². The molecule has 1 unspecified atom stereocenters. The van der Waals surface area contributed by atoms with E-state index in [1.807, 2.05) is 0 Å². The number of unbranched alkanes of at least 4 members (excludes halogenated alkanes) is 14. The van der Waals surface area contributed by atoms with Crippen LogP contribution in [-0.4, -0.2) is 53.9 Å². The number of amides is 1. The zero-order valence-electron chi connectivity index (χ0n) is 23.0. The van der Waals surface area contributed by atoms with Crippen LogP contribution in [-0.2, 0) is 18.3 Å². The number of carbonyl (C=O) groups excluding carboxylic acids is 1. The number of nitrogens with one attached hydrogen (secondary N) is 1. The van der Waals surface area contributed by atoms with Gasteiger partial charge in [-0.1, -0.05) is 113 Å². The normalized spacial score (nSPS) is 13.7. The molecule has 0 spiro atoms.